The van der Waals surface area contributed by atoms with Crippen LogP contribution in [0.4, 0.5) is 0 Å². The number of carboxylic acids is 1. The van der Waals surface area contributed by atoms with Crippen LogP contribution in [-0.4, -0.2) is 27.9 Å². The van der Waals surface area contributed by atoms with Crippen molar-refractivity contribution in [2.45, 2.75) is 19.9 Å². The van der Waals surface area contributed by atoms with E-state index in [1.54, 1.807) is 19.9 Å². The lowest BCUT2D eigenvalue weighted by Crippen LogP contribution is -2.32. The standard InChI is InChI=1S/C12H16BrNO4/c1-12(2,5-15)10(14)7-3-6(13)4-8(9(7)16)11(17)18/h3-4,10,15-16H,5,14H2,1-2H3,(H,17,18)/t10-/m0/s1. The predicted octanol–water partition coefficient (Wildman–Crippen LogP) is 1.87. The summed E-state index contributed by atoms with van der Waals surface area (Å²) >= 11 is 3.18. The lowest BCUT2D eigenvalue weighted by Gasteiger charge is -2.30. The van der Waals surface area contributed by atoms with E-state index in [1.807, 2.05) is 0 Å². The molecular weight excluding hydrogens is 302 g/mol. The Balaban J connectivity index is 3.37. The number of carboxylic acid groups (broad SMARTS) is 1. The van der Waals surface area contributed by atoms with Crippen molar-refractivity contribution in [1.82, 2.24) is 0 Å². The Morgan fingerprint density at radius 1 is 1.50 bits per heavy atom. The number of aromatic carboxylic acids is 1. The van der Waals surface area contributed by atoms with Gasteiger partial charge in [0.2, 0.25) is 0 Å². The van der Waals surface area contributed by atoms with Gasteiger partial charge < -0.3 is 21.1 Å². The van der Waals surface area contributed by atoms with Crippen LogP contribution in [0.25, 0.3) is 0 Å². The summed E-state index contributed by atoms with van der Waals surface area (Å²) in [6, 6.07) is 2.18. The maximum atomic E-state index is 11.0. The van der Waals surface area contributed by atoms with Crippen LogP contribution in [0, 0.1) is 5.41 Å². The molecule has 0 aliphatic heterocycles. The number of phenols is 1. The lowest BCUT2D eigenvalue weighted by atomic mass is 9.81. The van der Waals surface area contributed by atoms with Gasteiger partial charge in [-0.05, 0) is 12.1 Å². The number of hydrogen-bond acceptors (Lipinski definition) is 4. The molecule has 0 saturated carbocycles. The highest BCUT2D eigenvalue weighted by molar-refractivity contribution is 9.10. The summed E-state index contributed by atoms with van der Waals surface area (Å²) in [5.41, 5.74) is 5.39. The molecule has 18 heavy (non-hydrogen) atoms. The molecule has 1 aromatic carbocycles. The number of aromatic hydroxyl groups is 1. The second-order valence-corrected chi connectivity index (χ2v) is 5.74. The minimum atomic E-state index is -1.23. The van der Waals surface area contributed by atoms with Crippen molar-refractivity contribution >= 4 is 21.9 Å². The van der Waals surface area contributed by atoms with Gasteiger partial charge in [0.05, 0.1) is 0 Å². The molecule has 0 amide bonds. The largest absolute Gasteiger partial charge is 0.507 e. The van der Waals surface area contributed by atoms with E-state index in [0.29, 0.717) is 10.0 Å². The fourth-order valence-electron chi connectivity index (χ4n) is 1.54. The fourth-order valence-corrected chi connectivity index (χ4v) is 2.02. The quantitative estimate of drug-likeness (QED) is 0.678. The van der Waals surface area contributed by atoms with E-state index in [2.05, 4.69) is 15.9 Å². The summed E-state index contributed by atoms with van der Waals surface area (Å²) in [5, 5.41) is 28.2. The van der Waals surface area contributed by atoms with Gasteiger partial charge in [0, 0.05) is 28.1 Å². The third kappa shape index (κ3) is 2.82. The summed E-state index contributed by atoms with van der Waals surface area (Å²) in [6.45, 7) is 3.29. The molecule has 0 aromatic heterocycles. The molecule has 0 aliphatic carbocycles. The van der Waals surface area contributed by atoms with E-state index >= 15 is 0 Å². The highest BCUT2D eigenvalue weighted by Crippen LogP contribution is 2.38. The van der Waals surface area contributed by atoms with E-state index in [1.165, 1.54) is 6.07 Å². The van der Waals surface area contributed by atoms with E-state index in [4.69, 9.17) is 10.8 Å². The normalized spacial score (nSPS) is 13.4. The van der Waals surface area contributed by atoms with Gasteiger partial charge in [-0.15, -0.1) is 0 Å². The van der Waals surface area contributed by atoms with Crippen LogP contribution < -0.4 is 5.73 Å². The van der Waals surface area contributed by atoms with Crippen molar-refractivity contribution in [3.63, 3.8) is 0 Å². The number of aliphatic hydroxyl groups is 1. The number of hydrogen-bond donors (Lipinski definition) is 4. The molecule has 0 fully saturated rings. The average molecular weight is 318 g/mol. The van der Waals surface area contributed by atoms with Crippen LogP contribution in [0.2, 0.25) is 0 Å². The molecule has 100 valence electrons. The zero-order valence-electron chi connectivity index (χ0n) is 10.1. The topological polar surface area (TPSA) is 104 Å². The summed E-state index contributed by atoms with van der Waals surface area (Å²) in [5.74, 6) is -1.59. The van der Waals surface area contributed by atoms with Gasteiger partial charge in [-0.25, -0.2) is 4.79 Å². The van der Waals surface area contributed by atoms with Gasteiger partial charge in [-0.1, -0.05) is 29.8 Å². The molecular formula is C12H16BrNO4. The van der Waals surface area contributed by atoms with Gasteiger partial charge >= 0.3 is 5.97 Å². The minimum Gasteiger partial charge on any atom is -0.507 e. The molecule has 0 radical (unpaired) electrons. The minimum absolute atomic E-state index is 0.178. The Morgan fingerprint density at radius 2 is 2.06 bits per heavy atom. The Kier molecular flexibility index (Phi) is 4.37. The molecule has 5 nitrogen and oxygen atoms in total. The van der Waals surface area contributed by atoms with Crippen molar-refractivity contribution in [1.29, 1.82) is 0 Å². The maximum Gasteiger partial charge on any atom is 0.339 e. The number of aliphatic hydroxyl groups excluding tert-OH is 1. The van der Waals surface area contributed by atoms with Crippen molar-refractivity contribution in [2.24, 2.45) is 11.1 Å². The highest BCUT2D eigenvalue weighted by atomic mass is 79.9. The Morgan fingerprint density at radius 3 is 2.50 bits per heavy atom. The third-order valence-electron chi connectivity index (χ3n) is 2.92. The van der Waals surface area contributed by atoms with Crippen LogP contribution in [0.5, 0.6) is 5.75 Å². The number of nitrogens with two attached hydrogens (primary N) is 1. The second-order valence-electron chi connectivity index (χ2n) is 4.82. The van der Waals surface area contributed by atoms with Gasteiger partial charge in [0.25, 0.3) is 0 Å². The summed E-state index contributed by atoms with van der Waals surface area (Å²) in [7, 11) is 0. The second kappa shape index (κ2) is 5.26. The van der Waals surface area contributed by atoms with Gasteiger partial charge in [-0.3, -0.25) is 0 Å². The van der Waals surface area contributed by atoms with Crippen molar-refractivity contribution in [3.8, 4) is 5.75 Å². The number of halogens is 1. The third-order valence-corrected chi connectivity index (χ3v) is 3.38. The van der Waals surface area contributed by atoms with Crippen LogP contribution in [0.15, 0.2) is 16.6 Å². The monoisotopic (exact) mass is 317 g/mol. The van der Waals surface area contributed by atoms with Gasteiger partial charge in [0.1, 0.15) is 11.3 Å². The lowest BCUT2D eigenvalue weighted by molar-refractivity contribution is 0.0693. The maximum absolute atomic E-state index is 11.0. The molecule has 0 unspecified atom stereocenters. The first-order valence-corrected chi connectivity index (χ1v) is 6.12. The highest BCUT2D eigenvalue weighted by Gasteiger charge is 2.30. The molecule has 0 spiro atoms. The van der Waals surface area contributed by atoms with E-state index in [0.717, 1.165) is 0 Å². The van der Waals surface area contributed by atoms with E-state index < -0.39 is 17.4 Å². The first-order chi connectivity index (χ1) is 8.20. The van der Waals surface area contributed by atoms with Crippen molar-refractivity contribution in [3.05, 3.63) is 27.7 Å². The Bertz CT molecular complexity index is 473. The number of carbonyl (C=O) groups is 1. The molecule has 0 bridgehead atoms. The zero-order chi connectivity index (χ0) is 14.1. The average Bonchev–Trinajstić information content (AvgIpc) is 2.30. The van der Waals surface area contributed by atoms with Gasteiger partial charge in [0.15, 0.2) is 0 Å². The number of benzene rings is 1. The Labute approximate surface area is 113 Å². The van der Waals surface area contributed by atoms with Crippen LogP contribution in [-0.2, 0) is 0 Å². The molecule has 1 atom stereocenters. The Hall–Kier alpha value is -1.11. The molecule has 1 aromatic rings. The smallest absolute Gasteiger partial charge is 0.339 e. The molecule has 0 saturated heterocycles. The predicted molar refractivity (Wildman–Crippen MR) is 70.6 cm³/mol. The number of rotatable bonds is 4. The SMILES string of the molecule is CC(C)(CO)[C@@H](N)c1cc(Br)cc(C(=O)O)c1O. The first kappa shape index (κ1) is 14.9. The van der Waals surface area contributed by atoms with Crippen LogP contribution in [0.1, 0.15) is 35.8 Å². The zero-order valence-corrected chi connectivity index (χ0v) is 11.7. The van der Waals surface area contributed by atoms with E-state index in [9.17, 15) is 15.0 Å². The first-order valence-electron chi connectivity index (χ1n) is 5.33. The molecule has 1 rings (SSSR count). The molecule has 0 aliphatic rings. The van der Waals surface area contributed by atoms with Crippen LogP contribution in [0.3, 0.4) is 0 Å². The van der Waals surface area contributed by atoms with Crippen molar-refractivity contribution in [2.75, 3.05) is 6.61 Å². The summed E-state index contributed by atoms with van der Waals surface area (Å²) < 4.78 is 0.511. The van der Waals surface area contributed by atoms with Gasteiger partial charge in [-0.2, -0.15) is 0 Å². The fraction of sp³-hybridized carbons (Fsp3) is 0.417. The molecule has 6 heteroatoms. The summed E-state index contributed by atoms with van der Waals surface area (Å²) in [4.78, 5) is 11.0. The van der Waals surface area contributed by atoms with Crippen molar-refractivity contribution < 1.29 is 20.1 Å². The van der Waals surface area contributed by atoms with E-state index in [-0.39, 0.29) is 17.9 Å². The molecule has 0 heterocycles. The summed E-state index contributed by atoms with van der Waals surface area (Å²) in [6.07, 6.45) is 0. The van der Waals surface area contributed by atoms with Crippen LogP contribution >= 0.6 is 15.9 Å². The molecule has 5 N–H and O–H groups in total.